The van der Waals surface area contributed by atoms with Crippen molar-refractivity contribution in [3.05, 3.63) is 47.7 Å². The van der Waals surface area contributed by atoms with Gasteiger partial charge in [-0.1, -0.05) is 18.6 Å². The van der Waals surface area contributed by atoms with Crippen LogP contribution in [0.3, 0.4) is 0 Å². The van der Waals surface area contributed by atoms with Gasteiger partial charge in [-0.2, -0.15) is 4.31 Å². The van der Waals surface area contributed by atoms with Gasteiger partial charge in [0.1, 0.15) is 5.75 Å². The number of carbonyl (C=O) groups is 2. The van der Waals surface area contributed by atoms with Crippen molar-refractivity contribution in [2.24, 2.45) is 0 Å². The molecule has 9 nitrogen and oxygen atoms in total. The van der Waals surface area contributed by atoms with Crippen LogP contribution in [0.25, 0.3) is 0 Å². The maximum atomic E-state index is 12.5. The van der Waals surface area contributed by atoms with Gasteiger partial charge in [0.25, 0.3) is 15.9 Å². The minimum Gasteiger partial charge on any atom is -0.507 e. The minimum atomic E-state index is -3.79. The molecular formula is C17H19N3O6S. The lowest BCUT2D eigenvalue weighted by atomic mass is 10.2. The zero-order valence-corrected chi connectivity index (χ0v) is 15.2. The molecule has 27 heavy (non-hydrogen) atoms. The van der Waals surface area contributed by atoms with Gasteiger partial charge in [0.2, 0.25) is 5.09 Å². The van der Waals surface area contributed by atoms with E-state index in [1.54, 1.807) is 12.1 Å². The van der Waals surface area contributed by atoms with E-state index in [4.69, 9.17) is 4.42 Å². The van der Waals surface area contributed by atoms with Crippen molar-refractivity contribution in [3.8, 4) is 5.75 Å². The van der Waals surface area contributed by atoms with Crippen molar-refractivity contribution in [3.63, 3.8) is 0 Å². The Hall–Kier alpha value is -2.85. The second-order valence-corrected chi connectivity index (χ2v) is 7.88. The molecule has 2 heterocycles. The predicted molar refractivity (Wildman–Crippen MR) is 94.4 cm³/mol. The van der Waals surface area contributed by atoms with Crippen LogP contribution in [-0.2, 0) is 10.0 Å². The number of hydrogen-bond donors (Lipinski definition) is 3. The zero-order chi connectivity index (χ0) is 19.4. The summed E-state index contributed by atoms with van der Waals surface area (Å²) in [7, 11) is -3.79. The number of rotatable bonds is 4. The van der Waals surface area contributed by atoms with Crippen LogP contribution in [0.2, 0.25) is 0 Å². The number of carbonyl (C=O) groups excluding carboxylic acids is 2. The summed E-state index contributed by atoms with van der Waals surface area (Å²) in [6.45, 7) is 0.836. The Morgan fingerprint density at radius 3 is 2.33 bits per heavy atom. The fourth-order valence-corrected chi connectivity index (χ4v) is 4.15. The molecule has 0 unspecified atom stereocenters. The number of hydrazine groups is 1. The van der Waals surface area contributed by atoms with Crippen LogP contribution in [0, 0.1) is 0 Å². The molecule has 0 aliphatic carbocycles. The first-order valence-corrected chi connectivity index (χ1v) is 9.82. The summed E-state index contributed by atoms with van der Waals surface area (Å²) < 4.78 is 31.5. The summed E-state index contributed by atoms with van der Waals surface area (Å²) in [6, 6.07) is 8.26. The number of amides is 2. The molecule has 1 aromatic carbocycles. The summed E-state index contributed by atoms with van der Waals surface area (Å²) in [4.78, 5) is 24.0. The standard InChI is InChI=1S/C17H19N3O6S/c21-13-7-3-2-6-12(13)16(22)18-19-17(23)14-8-9-15(26-14)27(24,25)20-10-4-1-5-11-20/h2-3,6-9,21H,1,4-5,10-11H2,(H,18,22)(H,19,23). The van der Waals surface area contributed by atoms with Crippen molar-refractivity contribution in [1.29, 1.82) is 0 Å². The Morgan fingerprint density at radius 2 is 1.63 bits per heavy atom. The molecule has 1 aromatic heterocycles. The van der Waals surface area contributed by atoms with E-state index in [2.05, 4.69) is 10.9 Å². The molecule has 0 radical (unpaired) electrons. The highest BCUT2D eigenvalue weighted by molar-refractivity contribution is 7.89. The van der Waals surface area contributed by atoms with E-state index >= 15 is 0 Å². The summed E-state index contributed by atoms with van der Waals surface area (Å²) in [5, 5.41) is 9.30. The Balaban J connectivity index is 1.65. The van der Waals surface area contributed by atoms with Gasteiger partial charge in [0.05, 0.1) is 5.56 Å². The lowest BCUT2D eigenvalue weighted by Gasteiger charge is -2.24. The van der Waals surface area contributed by atoms with Gasteiger partial charge in [-0.15, -0.1) is 0 Å². The van der Waals surface area contributed by atoms with Crippen LogP contribution in [0.1, 0.15) is 40.2 Å². The number of piperidine rings is 1. The molecule has 2 aromatic rings. The monoisotopic (exact) mass is 393 g/mol. The number of nitrogens with one attached hydrogen (secondary N) is 2. The van der Waals surface area contributed by atoms with E-state index in [0.29, 0.717) is 13.1 Å². The first-order valence-electron chi connectivity index (χ1n) is 8.38. The SMILES string of the molecule is O=C(NNC(=O)c1ccccc1O)c1ccc(S(=O)(=O)N2CCCCC2)o1. The number of hydrogen-bond acceptors (Lipinski definition) is 6. The third kappa shape index (κ3) is 4.12. The number of benzene rings is 1. The highest BCUT2D eigenvalue weighted by atomic mass is 32.2. The highest BCUT2D eigenvalue weighted by Gasteiger charge is 2.29. The van der Waals surface area contributed by atoms with E-state index < -0.39 is 21.8 Å². The van der Waals surface area contributed by atoms with Crippen molar-refractivity contribution >= 4 is 21.8 Å². The third-order valence-corrected chi connectivity index (χ3v) is 5.93. The lowest BCUT2D eigenvalue weighted by Crippen LogP contribution is -2.41. The topological polar surface area (TPSA) is 129 Å². The van der Waals surface area contributed by atoms with Gasteiger partial charge in [-0.25, -0.2) is 8.42 Å². The minimum absolute atomic E-state index is 0.0226. The van der Waals surface area contributed by atoms with Gasteiger partial charge in [-0.05, 0) is 37.1 Å². The summed E-state index contributed by atoms with van der Waals surface area (Å²) in [6.07, 6.45) is 2.55. The number of phenolic OH excluding ortho intramolecular Hbond substituents is 1. The quantitative estimate of drug-likeness (QED) is 0.670. The van der Waals surface area contributed by atoms with Crippen molar-refractivity contribution < 1.29 is 27.5 Å². The first kappa shape index (κ1) is 18.9. The van der Waals surface area contributed by atoms with Gasteiger partial charge in [-0.3, -0.25) is 20.4 Å². The Kier molecular flexibility index (Phi) is 5.47. The molecular weight excluding hydrogens is 374 g/mol. The van der Waals surface area contributed by atoms with E-state index in [-0.39, 0.29) is 22.2 Å². The molecule has 1 fully saturated rings. The number of aromatic hydroxyl groups is 1. The second-order valence-electron chi connectivity index (χ2n) is 6.01. The molecule has 10 heteroatoms. The fourth-order valence-electron chi connectivity index (χ4n) is 2.72. The molecule has 2 amide bonds. The van der Waals surface area contributed by atoms with E-state index in [9.17, 15) is 23.1 Å². The number of sulfonamides is 1. The Morgan fingerprint density at radius 1 is 0.963 bits per heavy atom. The summed E-state index contributed by atoms with van der Waals surface area (Å²) in [5.41, 5.74) is 4.23. The fraction of sp³-hybridized carbons (Fsp3) is 0.294. The van der Waals surface area contributed by atoms with Gasteiger partial charge in [0.15, 0.2) is 5.76 Å². The Bertz CT molecular complexity index is 947. The van der Waals surface area contributed by atoms with Gasteiger partial charge >= 0.3 is 5.91 Å². The summed E-state index contributed by atoms with van der Waals surface area (Å²) >= 11 is 0. The molecule has 3 rings (SSSR count). The number of para-hydroxylation sites is 1. The number of nitrogens with zero attached hydrogens (tertiary/aromatic N) is 1. The zero-order valence-electron chi connectivity index (χ0n) is 14.3. The smallest absolute Gasteiger partial charge is 0.305 e. The van der Waals surface area contributed by atoms with Crippen LogP contribution in [0.4, 0.5) is 0 Å². The highest BCUT2D eigenvalue weighted by Crippen LogP contribution is 2.22. The van der Waals surface area contributed by atoms with Crippen LogP contribution in [0.15, 0.2) is 45.9 Å². The average molecular weight is 393 g/mol. The molecule has 0 spiro atoms. The van der Waals surface area contributed by atoms with Crippen molar-refractivity contribution in [2.75, 3.05) is 13.1 Å². The molecule has 0 atom stereocenters. The predicted octanol–water partition coefficient (Wildman–Crippen LogP) is 1.23. The molecule has 0 bridgehead atoms. The molecule has 1 aliphatic heterocycles. The van der Waals surface area contributed by atoms with E-state index in [1.807, 2.05) is 0 Å². The van der Waals surface area contributed by atoms with Gasteiger partial charge in [0, 0.05) is 13.1 Å². The third-order valence-electron chi connectivity index (χ3n) is 4.15. The van der Waals surface area contributed by atoms with Crippen LogP contribution in [-0.4, -0.2) is 42.7 Å². The largest absolute Gasteiger partial charge is 0.507 e. The molecule has 1 saturated heterocycles. The molecule has 144 valence electrons. The number of phenols is 1. The van der Waals surface area contributed by atoms with E-state index in [1.165, 1.54) is 28.6 Å². The maximum Gasteiger partial charge on any atom is 0.305 e. The molecule has 0 saturated carbocycles. The first-order chi connectivity index (χ1) is 12.9. The second kappa shape index (κ2) is 7.80. The lowest BCUT2D eigenvalue weighted by molar-refractivity contribution is 0.0826. The van der Waals surface area contributed by atoms with Crippen LogP contribution in [0.5, 0.6) is 5.75 Å². The Labute approximate surface area is 156 Å². The van der Waals surface area contributed by atoms with Gasteiger partial charge < -0.3 is 9.52 Å². The molecule has 1 aliphatic rings. The van der Waals surface area contributed by atoms with Crippen LogP contribution < -0.4 is 10.9 Å². The maximum absolute atomic E-state index is 12.5. The van der Waals surface area contributed by atoms with E-state index in [0.717, 1.165) is 19.3 Å². The molecule has 3 N–H and O–H groups in total. The normalized spacial score (nSPS) is 15.3. The average Bonchev–Trinajstić information content (AvgIpc) is 3.18. The summed E-state index contributed by atoms with van der Waals surface area (Å²) in [5.74, 6) is -2.05. The number of furan rings is 1. The van der Waals surface area contributed by atoms with Crippen LogP contribution >= 0.6 is 0 Å². The van der Waals surface area contributed by atoms with Crippen molar-refractivity contribution in [2.45, 2.75) is 24.4 Å². The van der Waals surface area contributed by atoms with Crippen molar-refractivity contribution in [1.82, 2.24) is 15.2 Å².